The molecule has 0 aromatic heterocycles. The zero-order valence-electron chi connectivity index (χ0n) is 9.37. The third kappa shape index (κ3) is 2.80. The van der Waals surface area contributed by atoms with Gasteiger partial charge in [0.2, 0.25) is 0 Å². The first-order chi connectivity index (χ1) is 7.06. The first-order valence-electron chi connectivity index (χ1n) is 5.04. The van der Waals surface area contributed by atoms with Crippen LogP contribution < -0.4 is 5.32 Å². The summed E-state index contributed by atoms with van der Waals surface area (Å²) in [5, 5.41) is 11.6. The predicted molar refractivity (Wildman–Crippen MR) is 59.9 cm³/mol. The van der Waals surface area contributed by atoms with Crippen LogP contribution in [0.2, 0.25) is 0 Å². The van der Waals surface area contributed by atoms with Crippen molar-refractivity contribution in [1.29, 1.82) is 0 Å². The van der Waals surface area contributed by atoms with Crippen LogP contribution in [-0.4, -0.2) is 23.7 Å². The van der Waals surface area contributed by atoms with Crippen LogP contribution in [0.1, 0.15) is 28.4 Å². The lowest BCUT2D eigenvalue weighted by molar-refractivity contribution is 0.0921. The zero-order valence-corrected chi connectivity index (χ0v) is 9.37. The first kappa shape index (κ1) is 11.7. The molecule has 1 aromatic rings. The van der Waals surface area contributed by atoms with Gasteiger partial charge in [-0.25, -0.2) is 0 Å². The SMILES string of the molecule is Cc1cccc(C)c1C(=O)NC(C)CO. The number of hydrogen-bond acceptors (Lipinski definition) is 2. The van der Waals surface area contributed by atoms with Crippen molar-refractivity contribution in [1.82, 2.24) is 5.32 Å². The molecule has 2 N–H and O–H groups in total. The molecule has 0 bridgehead atoms. The number of aliphatic hydroxyl groups is 1. The van der Waals surface area contributed by atoms with Gasteiger partial charge in [0.1, 0.15) is 0 Å². The molecule has 82 valence electrons. The van der Waals surface area contributed by atoms with Gasteiger partial charge < -0.3 is 10.4 Å². The van der Waals surface area contributed by atoms with E-state index in [0.29, 0.717) is 5.56 Å². The van der Waals surface area contributed by atoms with Gasteiger partial charge in [-0.1, -0.05) is 18.2 Å². The van der Waals surface area contributed by atoms with E-state index in [-0.39, 0.29) is 18.6 Å². The molecule has 1 amide bonds. The number of carbonyl (C=O) groups excluding carboxylic acids is 1. The van der Waals surface area contributed by atoms with Gasteiger partial charge in [0, 0.05) is 11.6 Å². The topological polar surface area (TPSA) is 49.3 Å². The molecule has 1 unspecified atom stereocenters. The number of nitrogens with one attached hydrogen (secondary N) is 1. The predicted octanol–water partition coefficient (Wildman–Crippen LogP) is 1.41. The van der Waals surface area contributed by atoms with Gasteiger partial charge >= 0.3 is 0 Å². The Bertz CT molecular complexity index is 340. The average Bonchev–Trinajstić information content (AvgIpc) is 2.17. The minimum atomic E-state index is -0.212. The number of benzene rings is 1. The Morgan fingerprint density at radius 3 is 2.40 bits per heavy atom. The van der Waals surface area contributed by atoms with Gasteiger partial charge in [-0.3, -0.25) is 4.79 Å². The quantitative estimate of drug-likeness (QED) is 0.787. The van der Waals surface area contributed by atoms with E-state index >= 15 is 0 Å². The lowest BCUT2D eigenvalue weighted by atomic mass is 10.0. The van der Waals surface area contributed by atoms with Gasteiger partial charge in [0.15, 0.2) is 0 Å². The molecule has 3 nitrogen and oxygen atoms in total. The molecule has 1 atom stereocenters. The van der Waals surface area contributed by atoms with Crippen molar-refractivity contribution in [3.63, 3.8) is 0 Å². The summed E-state index contributed by atoms with van der Waals surface area (Å²) in [6.45, 7) is 5.54. The highest BCUT2D eigenvalue weighted by molar-refractivity contribution is 5.97. The van der Waals surface area contributed by atoms with Crippen LogP contribution in [0, 0.1) is 13.8 Å². The summed E-state index contributed by atoms with van der Waals surface area (Å²) in [5.74, 6) is -0.118. The van der Waals surface area contributed by atoms with E-state index in [4.69, 9.17) is 5.11 Å². The van der Waals surface area contributed by atoms with Crippen molar-refractivity contribution >= 4 is 5.91 Å². The summed E-state index contributed by atoms with van der Waals surface area (Å²) in [6.07, 6.45) is 0. The third-order valence-electron chi connectivity index (χ3n) is 2.36. The highest BCUT2D eigenvalue weighted by Gasteiger charge is 2.13. The minimum Gasteiger partial charge on any atom is -0.394 e. The highest BCUT2D eigenvalue weighted by Crippen LogP contribution is 2.12. The van der Waals surface area contributed by atoms with Gasteiger partial charge in [-0.05, 0) is 31.9 Å². The zero-order chi connectivity index (χ0) is 11.4. The molecule has 0 aliphatic heterocycles. The fourth-order valence-electron chi connectivity index (χ4n) is 1.51. The number of hydrogen-bond donors (Lipinski definition) is 2. The molecule has 0 saturated heterocycles. The number of rotatable bonds is 3. The van der Waals surface area contributed by atoms with Crippen LogP contribution in [-0.2, 0) is 0 Å². The van der Waals surface area contributed by atoms with Gasteiger partial charge in [-0.15, -0.1) is 0 Å². The Morgan fingerprint density at radius 1 is 1.40 bits per heavy atom. The maximum Gasteiger partial charge on any atom is 0.252 e. The molecule has 0 aliphatic rings. The molecule has 1 rings (SSSR count). The van der Waals surface area contributed by atoms with Crippen molar-refractivity contribution in [2.24, 2.45) is 0 Å². The smallest absolute Gasteiger partial charge is 0.252 e. The number of amides is 1. The van der Waals surface area contributed by atoms with Crippen molar-refractivity contribution in [2.75, 3.05) is 6.61 Å². The lowest BCUT2D eigenvalue weighted by Gasteiger charge is -2.13. The maximum absolute atomic E-state index is 11.8. The van der Waals surface area contributed by atoms with Gasteiger partial charge in [0.25, 0.3) is 5.91 Å². The van der Waals surface area contributed by atoms with Gasteiger partial charge in [0.05, 0.1) is 6.61 Å². The minimum absolute atomic E-state index is 0.0450. The second-order valence-corrected chi connectivity index (χ2v) is 3.82. The summed E-state index contributed by atoms with van der Waals surface area (Å²) >= 11 is 0. The van der Waals surface area contributed by atoms with E-state index in [9.17, 15) is 4.79 Å². The molecule has 0 saturated carbocycles. The largest absolute Gasteiger partial charge is 0.394 e. The van der Waals surface area contributed by atoms with Gasteiger partial charge in [-0.2, -0.15) is 0 Å². The fourth-order valence-corrected chi connectivity index (χ4v) is 1.51. The molecule has 15 heavy (non-hydrogen) atoms. The standard InChI is InChI=1S/C12H17NO2/c1-8-5-4-6-9(2)11(8)12(15)13-10(3)7-14/h4-6,10,14H,7H2,1-3H3,(H,13,15). The number of carbonyl (C=O) groups is 1. The van der Waals surface area contributed by atoms with Crippen molar-refractivity contribution in [3.05, 3.63) is 34.9 Å². The van der Waals surface area contributed by atoms with Crippen LogP contribution in [0.3, 0.4) is 0 Å². The van der Waals surface area contributed by atoms with E-state index in [2.05, 4.69) is 5.32 Å². The lowest BCUT2D eigenvalue weighted by Crippen LogP contribution is -2.35. The molecule has 0 aliphatic carbocycles. The molecule has 0 fully saturated rings. The number of aliphatic hydroxyl groups excluding tert-OH is 1. The maximum atomic E-state index is 11.8. The summed E-state index contributed by atoms with van der Waals surface area (Å²) < 4.78 is 0. The molecule has 0 heterocycles. The molecule has 3 heteroatoms. The van der Waals surface area contributed by atoms with E-state index in [1.165, 1.54) is 0 Å². The van der Waals surface area contributed by atoms with E-state index in [1.807, 2.05) is 32.0 Å². The fraction of sp³-hybridized carbons (Fsp3) is 0.417. The van der Waals surface area contributed by atoms with Crippen LogP contribution in [0.4, 0.5) is 0 Å². The van der Waals surface area contributed by atoms with Crippen molar-refractivity contribution in [3.8, 4) is 0 Å². The molecule has 0 radical (unpaired) electrons. The Kier molecular flexibility index (Phi) is 3.86. The molecule has 0 spiro atoms. The highest BCUT2D eigenvalue weighted by atomic mass is 16.3. The Hall–Kier alpha value is -1.35. The second-order valence-electron chi connectivity index (χ2n) is 3.82. The van der Waals surface area contributed by atoms with E-state index in [1.54, 1.807) is 6.92 Å². The summed E-state index contributed by atoms with van der Waals surface area (Å²) in [7, 11) is 0. The summed E-state index contributed by atoms with van der Waals surface area (Å²) in [4.78, 5) is 11.8. The monoisotopic (exact) mass is 207 g/mol. The van der Waals surface area contributed by atoms with E-state index < -0.39 is 0 Å². The summed E-state index contributed by atoms with van der Waals surface area (Å²) in [6, 6.07) is 5.53. The van der Waals surface area contributed by atoms with Crippen LogP contribution in [0.25, 0.3) is 0 Å². The van der Waals surface area contributed by atoms with Crippen molar-refractivity contribution < 1.29 is 9.90 Å². The normalized spacial score (nSPS) is 12.3. The Labute approximate surface area is 90.1 Å². The molecular weight excluding hydrogens is 190 g/mol. The molecular formula is C12H17NO2. The van der Waals surface area contributed by atoms with E-state index in [0.717, 1.165) is 11.1 Å². The van der Waals surface area contributed by atoms with Crippen LogP contribution in [0.5, 0.6) is 0 Å². The average molecular weight is 207 g/mol. The van der Waals surface area contributed by atoms with Crippen LogP contribution >= 0.6 is 0 Å². The first-order valence-corrected chi connectivity index (χ1v) is 5.04. The number of aryl methyl sites for hydroxylation is 2. The molecule has 1 aromatic carbocycles. The van der Waals surface area contributed by atoms with Crippen LogP contribution in [0.15, 0.2) is 18.2 Å². The second kappa shape index (κ2) is 4.94. The Morgan fingerprint density at radius 2 is 1.93 bits per heavy atom. The Balaban J connectivity index is 2.91. The third-order valence-corrected chi connectivity index (χ3v) is 2.36. The summed E-state index contributed by atoms with van der Waals surface area (Å²) in [5.41, 5.74) is 2.62. The van der Waals surface area contributed by atoms with Crippen molar-refractivity contribution in [2.45, 2.75) is 26.8 Å².